The van der Waals surface area contributed by atoms with Crippen LogP contribution in [-0.2, 0) is 0 Å². The predicted octanol–water partition coefficient (Wildman–Crippen LogP) is 5.74. The Morgan fingerprint density at radius 3 is 2.18 bits per heavy atom. The van der Waals surface area contributed by atoms with E-state index in [4.69, 9.17) is 4.74 Å². The first kappa shape index (κ1) is 18.1. The van der Waals surface area contributed by atoms with Crippen molar-refractivity contribution in [3.8, 4) is 5.75 Å². The highest BCUT2D eigenvalue weighted by atomic mass is 16.5. The molecule has 0 aliphatic carbocycles. The van der Waals surface area contributed by atoms with Crippen LogP contribution < -0.4 is 10.1 Å². The fraction of sp³-hybridized carbons (Fsp3) is 0.120. The molecule has 0 radical (unpaired) electrons. The van der Waals surface area contributed by atoms with Gasteiger partial charge in [-0.15, -0.1) is 0 Å². The summed E-state index contributed by atoms with van der Waals surface area (Å²) < 4.78 is 5.25. The summed E-state index contributed by atoms with van der Waals surface area (Å²) in [6.45, 7) is 0. The van der Waals surface area contributed by atoms with Crippen molar-refractivity contribution in [1.29, 1.82) is 0 Å². The Bertz CT molecular complexity index is 1040. The lowest BCUT2D eigenvalue weighted by molar-refractivity contribution is 0.156. The van der Waals surface area contributed by atoms with E-state index in [-0.39, 0.29) is 6.04 Å². The van der Waals surface area contributed by atoms with E-state index in [1.165, 1.54) is 0 Å². The number of benzene rings is 4. The van der Waals surface area contributed by atoms with Gasteiger partial charge in [0.05, 0.1) is 13.2 Å². The van der Waals surface area contributed by atoms with E-state index in [9.17, 15) is 5.11 Å². The second kappa shape index (κ2) is 8.15. The van der Waals surface area contributed by atoms with Crippen LogP contribution in [0.1, 0.15) is 23.3 Å². The van der Waals surface area contributed by atoms with Gasteiger partial charge in [-0.3, -0.25) is 0 Å². The van der Waals surface area contributed by atoms with Crippen molar-refractivity contribution in [1.82, 2.24) is 0 Å². The molecule has 0 aromatic heterocycles. The van der Waals surface area contributed by atoms with Gasteiger partial charge in [0.25, 0.3) is 0 Å². The fourth-order valence-electron chi connectivity index (χ4n) is 3.56. The third-order valence-corrected chi connectivity index (χ3v) is 5.03. The molecule has 0 saturated carbocycles. The lowest BCUT2D eigenvalue weighted by Crippen LogP contribution is -2.19. The second-order valence-corrected chi connectivity index (χ2v) is 6.77. The highest BCUT2D eigenvalue weighted by Crippen LogP contribution is 2.35. The molecule has 0 amide bonds. The lowest BCUT2D eigenvalue weighted by atomic mass is 9.92. The van der Waals surface area contributed by atoms with Crippen molar-refractivity contribution in [2.24, 2.45) is 0 Å². The van der Waals surface area contributed by atoms with Crippen LogP contribution in [0.4, 0.5) is 5.69 Å². The van der Waals surface area contributed by atoms with Crippen LogP contribution in [0, 0.1) is 0 Å². The van der Waals surface area contributed by atoms with E-state index in [1.54, 1.807) is 7.11 Å². The van der Waals surface area contributed by atoms with Gasteiger partial charge in [-0.2, -0.15) is 0 Å². The van der Waals surface area contributed by atoms with Gasteiger partial charge < -0.3 is 15.2 Å². The van der Waals surface area contributed by atoms with Crippen LogP contribution in [0.15, 0.2) is 97.1 Å². The standard InChI is InChI=1S/C25H23NO2/c1-28-21-16-14-20(15-17-21)26-24(19-9-3-2-4-10-19)25(27)23-13-7-11-18-8-5-6-12-22(18)23/h2-17,24-27H,1H3. The quantitative estimate of drug-likeness (QED) is 0.456. The van der Waals surface area contributed by atoms with E-state index in [0.29, 0.717) is 0 Å². The minimum atomic E-state index is -0.712. The van der Waals surface area contributed by atoms with Gasteiger partial charge in [-0.1, -0.05) is 72.8 Å². The molecule has 2 atom stereocenters. The first-order valence-electron chi connectivity index (χ1n) is 9.37. The summed E-state index contributed by atoms with van der Waals surface area (Å²) in [7, 11) is 1.65. The zero-order chi connectivity index (χ0) is 19.3. The smallest absolute Gasteiger partial charge is 0.119 e. The van der Waals surface area contributed by atoms with Crippen LogP contribution in [0.2, 0.25) is 0 Å². The molecule has 0 aliphatic rings. The Morgan fingerprint density at radius 1 is 0.750 bits per heavy atom. The molecule has 3 nitrogen and oxygen atoms in total. The summed E-state index contributed by atoms with van der Waals surface area (Å²) >= 11 is 0. The fourth-order valence-corrected chi connectivity index (χ4v) is 3.56. The van der Waals surface area contributed by atoms with Crippen molar-refractivity contribution < 1.29 is 9.84 Å². The third-order valence-electron chi connectivity index (χ3n) is 5.03. The molecule has 2 N–H and O–H groups in total. The van der Waals surface area contributed by atoms with Gasteiger partial charge in [0.1, 0.15) is 11.9 Å². The minimum absolute atomic E-state index is 0.291. The highest BCUT2D eigenvalue weighted by Gasteiger charge is 2.24. The van der Waals surface area contributed by atoms with Gasteiger partial charge in [-0.25, -0.2) is 0 Å². The molecule has 0 spiro atoms. The van der Waals surface area contributed by atoms with Crippen molar-refractivity contribution >= 4 is 16.5 Å². The lowest BCUT2D eigenvalue weighted by Gasteiger charge is -2.27. The van der Waals surface area contributed by atoms with Gasteiger partial charge in [-0.05, 0) is 46.2 Å². The topological polar surface area (TPSA) is 41.5 Å². The summed E-state index contributed by atoms with van der Waals surface area (Å²) in [6, 6.07) is 31.7. The maximum Gasteiger partial charge on any atom is 0.119 e. The summed E-state index contributed by atoms with van der Waals surface area (Å²) in [6.07, 6.45) is -0.712. The van der Waals surface area contributed by atoms with Crippen LogP contribution in [0.3, 0.4) is 0 Å². The first-order chi connectivity index (χ1) is 13.8. The van der Waals surface area contributed by atoms with Crippen molar-refractivity contribution in [3.05, 3.63) is 108 Å². The number of anilines is 1. The van der Waals surface area contributed by atoms with E-state index in [0.717, 1.165) is 33.3 Å². The Morgan fingerprint density at radius 2 is 1.43 bits per heavy atom. The average Bonchev–Trinajstić information content (AvgIpc) is 2.77. The molecule has 0 fully saturated rings. The average molecular weight is 369 g/mol. The van der Waals surface area contributed by atoms with Crippen LogP contribution in [-0.4, -0.2) is 12.2 Å². The normalized spacial score (nSPS) is 13.1. The molecule has 4 aromatic carbocycles. The Labute approximate surface area is 165 Å². The molecule has 0 saturated heterocycles. The zero-order valence-corrected chi connectivity index (χ0v) is 15.7. The van der Waals surface area contributed by atoms with Crippen LogP contribution in [0.5, 0.6) is 5.75 Å². The molecule has 2 unspecified atom stereocenters. The predicted molar refractivity (Wildman–Crippen MR) is 115 cm³/mol. The van der Waals surface area contributed by atoms with Crippen LogP contribution in [0.25, 0.3) is 10.8 Å². The first-order valence-corrected chi connectivity index (χ1v) is 9.37. The van der Waals surface area contributed by atoms with Gasteiger partial charge >= 0.3 is 0 Å². The Hall–Kier alpha value is -3.30. The van der Waals surface area contributed by atoms with E-state index in [1.807, 2.05) is 78.9 Å². The molecule has 0 aliphatic heterocycles. The van der Waals surface area contributed by atoms with Gasteiger partial charge in [0.2, 0.25) is 0 Å². The molecular weight excluding hydrogens is 346 g/mol. The number of aliphatic hydroxyl groups excluding tert-OH is 1. The van der Waals surface area contributed by atoms with Gasteiger partial charge in [0, 0.05) is 5.69 Å². The monoisotopic (exact) mass is 369 g/mol. The number of hydrogen-bond donors (Lipinski definition) is 2. The molecule has 28 heavy (non-hydrogen) atoms. The SMILES string of the molecule is COc1ccc(NC(c2ccccc2)C(O)c2cccc3ccccc23)cc1. The molecule has 140 valence electrons. The van der Waals surface area contributed by atoms with Crippen LogP contribution >= 0.6 is 0 Å². The van der Waals surface area contributed by atoms with Crippen molar-refractivity contribution in [2.45, 2.75) is 12.1 Å². The summed E-state index contributed by atoms with van der Waals surface area (Å²) in [4.78, 5) is 0. The largest absolute Gasteiger partial charge is 0.497 e. The van der Waals surface area contributed by atoms with Crippen molar-refractivity contribution in [2.75, 3.05) is 12.4 Å². The van der Waals surface area contributed by atoms with E-state index in [2.05, 4.69) is 23.5 Å². The molecule has 4 rings (SSSR count). The molecule has 0 bridgehead atoms. The van der Waals surface area contributed by atoms with E-state index >= 15 is 0 Å². The molecule has 3 heteroatoms. The number of ether oxygens (including phenoxy) is 1. The maximum atomic E-state index is 11.4. The molecular formula is C25H23NO2. The Kier molecular flexibility index (Phi) is 5.27. The van der Waals surface area contributed by atoms with Gasteiger partial charge in [0.15, 0.2) is 0 Å². The Balaban J connectivity index is 1.74. The number of hydrogen-bond acceptors (Lipinski definition) is 3. The number of rotatable bonds is 6. The summed E-state index contributed by atoms with van der Waals surface area (Å²) in [5.74, 6) is 0.802. The molecule has 4 aromatic rings. The zero-order valence-electron chi connectivity index (χ0n) is 15.7. The highest BCUT2D eigenvalue weighted by molar-refractivity contribution is 5.86. The minimum Gasteiger partial charge on any atom is -0.497 e. The third kappa shape index (κ3) is 3.71. The number of aliphatic hydroxyl groups is 1. The molecule has 0 heterocycles. The summed E-state index contributed by atoms with van der Waals surface area (Å²) in [5.41, 5.74) is 2.86. The van der Waals surface area contributed by atoms with Crippen molar-refractivity contribution in [3.63, 3.8) is 0 Å². The number of methoxy groups -OCH3 is 1. The second-order valence-electron chi connectivity index (χ2n) is 6.77. The maximum absolute atomic E-state index is 11.4. The van der Waals surface area contributed by atoms with E-state index < -0.39 is 6.10 Å². The summed E-state index contributed by atoms with van der Waals surface area (Å²) in [5, 5.41) is 17.1. The number of fused-ring (bicyclic) bond motifs is 1. The number of nitrogens with one attached hydrogen (secondary N) is 1.